The van der Waals surface area contributed by atoms with Crippen LogP contribution in [0.2, 0.25) is 0 Å². The molecule has 0 bridgehead atoms. The van der Waals surface area contributed by atoms with Crippen molar-refractivity contribution >= 4 is 5.69 Å². The van der Waals surface area contributed by atoms with Crippen molar-refractivity contribution in [2.24, 2.45) is 0 Å². The summed E-state index contributed by atoms with van der Waals surface area (Å²) in [7, 11) is 0. The van der Waals surface area contributed by atoms with E-state index in [1.165, 1.54) is 5.56 Å². The third-order valence-electron chi connectivity index (χ3n) is 4.14. The van der Waals surface area contributed by atoms with Crippen LogP contribution < -0.4 is 10.1 Å². The van der Waals surface area contributed by atoms with Crippen molar-refractivity contribution in [1.29, 1.82) is 0 Å². The number of aryl methyl sites for hydroxylation is 1. The molecule has 1 aliphatic rings. The molecule has 2 heteroatoms. The van der Waals surface area contributed by atoms with E-state index in [1.807, 2.05) is 66.7 Å². The van der Waals surface area contributed by atoms with Gasteiger partial charge in [0.2, 0.25) is 0 Å². The minimum atomic E-state index is -0.181. The highest BCUT2D eigenvalue weighted by Crippen LogP contribution is 2.40. The van der Waals surface area contributed by atoms with E-state index < -0.39 is 0 Å². The fourth-order valence-electron chi connectivity index (χ4n) is 2.86. The number of rotatable bonds is 0. The van der Waals surface area contributed by atoms with E-state index in [2.05, 4.69) is 42.0 Å². The van der Waals surface area contributed by atoms with E-state index >= 15 is 0 Å². The summed E-state index contributed by atoms with van der Waals surface area (Å²) in [5.74, 6) is 13.9. The summed E-state index contributed by atoms with van der Waals surface area (Å²) in [6, 6.07) is 23.7. The number of para-hydroxylation sites is 1. The first-order chi connectivity index (χ1) is 12.8. The fraction of sp³-hybridized carbons (Fsp3) is 0.0833. The summed E-state index contributed by atoms with van der Waals surface area (Å²) in [5.41, 5.74) is 4.08. The Kier molecular flexibility index (Phi) is 4.33. The first-order valence-electron chi connectivity index (χ1n) is 8.50. The molecule has 124 valence electrons. The number of fused-ring (bicyclic) bond motifs is 2. The molecule has 3 aromatic rings. The molecule has 0 radical (unpaired) electrons. The smallest absolute Gasteiger partial charge is 0.150 e. The zero-order valence-electron chi connectivity index (χ0n) is 14.4. The summed E-state index contributed by atoms with van der Waals surface area (Å²) >= 11 is 0. The van der Waals surface area contributed by atoms with E-state index in [0.29, 0.717) is 0 Å². The number of ether oxygens (including phenoxy) is 1. The Labute approximate surface area is 153 Å². The Bertz CT molecular complexity index is 1060. The van der Waals surface area contributed by atoms with E-state index in [4.69, 9.17) is 4.74 Å². The first kappa shape index (κ1) is 15.9. The minimum absolute atomic E-state index is 0.181. The number of hydrogen-bond donors (Lipinski definition) is 1. The average molecular weight is 335 g/mol. The van der Waals surface area contributed by atoms with Crippen molar-refractivity contribution in [3.05, 3.63) is 89.5 Å². The molecule has 0 amide bonds. The Morgan fingerprint density at radius 3 is 2.54 bits per heavy atom. The lowest BCUT2D eigenvalue weighted by Gasteiger charge is -2.12. The maximum atomic E-state index is 6.10. The van der Waals surface area contributed by atoms with Crippen molar-refractivity contribution in [3.8, 4) is 35.2 Å². The van der Waals surface area contributed by atoms with Crippen LogP contribution in [-0.2, 0) is 0 Å². The molecule has 0 aliphatic carbocycles. The molecule has 1 heterocycles. The van der Waals surface area contributed by atoms with Gasteiger partial charge in [0.15, 0.2) is 5.75 Å². The Balaban J connectivity index is 1.69. The van der Waals surface area contributed by atoms with Gasteiger partial charge in [0.25, 0.3) is 0 Å². The molecule has 0 aromatic heterocycles. The van der Waals surface area contributed by atoms with Crippen LogP contribution in [0.15, 0.2) is 72.8 Å². The van der Waals surface area contributed by atoms with Gasteiger partial charge in [0.1, 0.15) is 11.8 Å². The Morgan fingerprint density at radius 1 is 0.846 bits per heavy atom. The van der Waals surface area contributed by atoms with Crippen molar-refractivity contribution < 1.29 is 4.74 Å². The first-order valence-corrected chi connectivity index (χ1v) is 8.50. The number of anilines is 1. The molecule has 1 atom stereocenters. The van der Waals surface area contributed by atoms with Crippen molar-refractivity contribution in [2.45, 2.75) is 13.0 Å². The highest BCUT2D eigenvalue weighted by Gasteiger charge is 2.20. The van der Waals surface area contributed by atoms with Crippen LogP contribution in [0, 0.1) is 30.6 Å². The van der Waals surface area contributed by atoms with E-state index in [-0.39, 0.29) is 6.04 Å². The summed E-state index contributed by atoms with van der Waals surface area (Å²) in [6.45, 7) is 2.06. The van der Waals surface area contributed by atoms with Crippen molar-refractivity contribution in [1.82, 2.24) is 0 Å². The predicted molar refractivity (Wildman–Crippen MR) is 105 cm³/mol. The lowest BCUT2D eigenvalue weighted by Crippen LogP contribution is -2.07. The molecule has 3 aromatic carbocycles. The molecule has 0 spiro atoms. The zero-order valence-corrected chi connectivity index (χ0v) is 14.4. The molecule has 0 fully saturated rings. The Hall–Kier alpha value is -3.62. The molecule has 4 rings (SSSR count). The van der Waals surface area contributed by atoms with E-state index in [0.717, 1.165) is 28.3 Å². The second-order valence-corrected chi connectivity index (χ2v) is 6.10. The van der Waals surface area contributed by atoms with Crippen molar-refractivity contribution in [2.75, 3.05) is 5.32 Å². The lowest BCUT2D eigenvalue weighted by atomic mass is 10.1. The average Bonchev–Trinajstić information content (AvgIpc) is 2.82. The quantitative estimate of drug-likeness (QED) is 0.562. The topological polar surface area (TPSA) is 21.3 Å². The maximum Gasteiger partial charge on any atom is 0.150 e. The number of benzene rings is 3. The second-order valence-electron chi connectivity index (χ2n) is 6.10. The number of hydrogen-bond acceptors (Lipinski definition) is 2. The van der Waals surface area contributed by atoms with Gasteiger partial charge in [-0.25, -0.2) is 0 Å². The Morgan fingerprint density at radius 2 is 1.65 bits per heavy atom. The summed E-state index contributed by atoms with van der Waals surface area (Å²) in [5, 5.41) is 3.49. The molecule has 0 saturated carbocycles. The molecule has 2 nitrogen and oxygen atoms in total. The molecule has 1 aliphatic heterocycles. The molecule has 0 unspecified atom stereocenters. The summed E-state index contributed by atoms with van der Waals surface area (Å²) in [6.07, 6.45) is 0. The van der Waals surface area contributed by atoms with Gasteiger partial charge in [-0.05, 0) is 54.7 Å². The van der Waals surface area contributed by atoms with Gasteiger partial charge in [-0.2, -0.15) is 0 Å². The third kappa shape index (κ3) is 3.41. The van der Waals surface area contributed by atoms with E-state index in [9.17, 15) is 0 Å². The highest BCUT2D eigenvalue weighted by molar-refractivity contribution is 5.65. The number of nitrogens with one attached hydrogen (secondary N) is 1. The van der Waals surface area contributed by atoms with Crippen molar-refractivity contribution in [3.63, 3.8) is 0 Å². The predicted octanol–water partition coefficient (Wildman–Crippen LogP) is 5.31. The SMILES string of the molecule is Cc1ccc2c(c1)N[C@H](C#CC#Cc1ccccc1)c1ccccc1O2. The normalized spacial score (nSPS) is 14.0. The lowest BCUT2D eigenvalue weighted by molar-refractivity contribution is 0.483. The van der Waals surface area contributed by atoms with Gasteiger partial charge in [-0.3, -0.25) is 0 Å². The fourth-order valence-corrected chi connectivity index (χ4v) is 2.86. The maximum absolute atomic E-state index is 6.10. The zero-order chi connectivity index (χ0) is 17.8. The molecule has 1 N–H and O–H groups in total. The minimum Gasteiger partial charge on any atom is -0.455 e. The van der Waals surface area contributed by atoms with Crippen LogP contribution in [0.4, 0.5) is 5.69 Å². The van der Waals surface area contributed by atoms with Gasteiger partial charge in [-0.1, -0.05) is 54.3 Å². The van der Waals surface area contributed by atoms with Gasteiger partial charge in [0, 0.05) is 11.1 Å². The second kappa shape index (κ2) is 7.09. The third-order valence-corrected chi connectivity index (χ3v) is 4.14. The van der Waals surface area contributed by atoms with Crippen LogP contribution in [0.5, 0.6) is 11.5 Å². The van der Waals surface area contributed by atoms with Crippen LogP contribution in [0.1, 0.15) is 22.7 Å². The molecule has 0 saturated heterocycles. The molecular formula is C24H17NO. The molecular weight excluding hydrogens is 318 g/mol. The van der Waals surface area contributed by atoms with Crippen LogP contribution >= 0.6 is 0 Å². The van der Waals surface area contributed by atoms with E-state index in [1.54, 1.807) is 0 Å². The highest BCUT2D eigenvalue weighted by atomic mass is 16.5. The largest absolute Gasteiger partial charge is 0.455 e. The van der Waals surface area contributed by atoms with Crippen LogP contribution in [-0.4, -0.2) is 0 Å². The van der Waals surface area contributed by atoms with Gasteiger partial charge < -0.3 is 10.1 Å². The van der Waals surface area contributed by atoms with Gasteiger partial charge in [-0.15, -0.1) is 0 Å². The van der Waals surface area contributed by atoms with Crippen LogP contribution in [0.25, 0.3) is 0 Å². The monoisotopic (exact) mass is 335 g/mol. The standard InChI is InChI=1S/C24H17NO/c1-18-15-16-24-22(17-18)25-21(20-12-6-8-14-23(20)26-24)13-7-5-11-19-9-3-2-4-10-19/h2-4,6,8-10,12,14-17,21,25H,1H3/t21-/m1/s1. The summed E-state index contributed by atoms with van der Waals surface area (Å²) in [4.78, 5) is 0. The van der Waals surface area contributed by atoms with Gasteiger partial charge >= 0.3 is 0 Å². The molecule has 26 heavy (non-hydrogen) atoms. The van der Waals surface area contributed by atoms with Crippen LogP contribution in [0.3, 0.4) is 0 Å². The van der Waals surface area contributed by atoms with Gasteiger partial charge in [0.05, 0.1) is 5.69 Å². The summed E-state index contributed by atoms with van der Waals surface area (Å²) < 4.78 is 6.10.